The Morgan fingerprint density at radius 1 is 0.970 bits per heavy atom. The summed E-state index contributed by atoms with van der Waals surface area (Å²) < 4.78 is 39.2. The monoisotopic (exact) mass is 472 g/mol. The lowest BCUT2D eigenvalue weighted by Crippen LogP contribution is -3.13. The van der Waals surface area contributed by atoms with Gasteiger partial charge in [0.15, 0.2) is 11.5 Å². The SMILES string of the molecule is Cc1cc(S(=O)(=O)N2CC[NH+](Cc3ccc4c(c3)OCO4)CC2)cc(C)c1N1CCCC1=O. The first kappa shape index (κ1) is 22.2. The summed E-state index contributed by atoms with van der Waals surface area (Å²) in [5, 5.41) is 0. The largest absolute Gasteiger partial charge is 0.454 e. The molecular formula is C24H30N3O5S+. The van der Waals surface area contributed by atoms with Gasteiger partial charge in [0.25, 0.3) is 0 Å². The third-order valence-electron chi connectivity index (χ3n) is 6.77. The Morgan fingerprint density at radius 3 is 2.33 bits per heavy atom. The van der Waals surface area contributed by atoms with Gasteiger partial charge in [0.2, 0.25) is 22.7 Å². The van der Waals surface area contributed by atoms with Crippen molar-refractivity contribution in [3.05, 3.63) is 47.0 Å². The van der Waals surface area contributed by atoms with Gasteiger partial charge in [-0.1, -0.05) is 0 Å². The van der Waals surface area contributed by atoms with E-state index in [1.807, 2.05) is 32.0 Å². The van der Waals surface area contributed by atoms with E-state index < -0.39 is 10.0 Å². The molecule has 0 aliphatic carbocycles. The minimum Gasteiger partial charge on any atom is -0.454 e. The summed E-state index contributed by atoms with van der Waals surface area (Å²) in [6.07, 6.45) is 1.40. The zero-order chi connectivity index (χ0) is 23.2. The van der Waals surface area contributed by atoms with Gasteiger partial charge in [0.05, 0.1) is 31.1 Å². The van der Waals surface area contributed by atoms with Crippen LogP contribution in [0.3, 0.4) is 0 Å². The highest BCUT2D eigenvalue weighted by Crippen LogP contribution is 2.33. The molecule has 0 radical (unpaired) electrons. The lowest BCUT2D eigenvalue weighted by Gasteiger charge is -2.32. The van der Waals surface area contributed by atoms with Gasteiger partial charge in [0.1, 0.15) is 6.54 Å². The number of hydrogen-bond acceptors (Lipinski definition) is 5. The molecule has 1 N–H and O–H groups in total. The molecule has 0 spiro atoms. The number of amides is 1. The molecule has 2 fully saturated rings. The number of fused-ring (bicyclic) bond motifs is 1. The van der Waals surface area contributed by atoms with Crippen molar-refractivity contribution in [3.8, 4) is 11.5 Å². The number of nitrogens with one attached hydrogen (secondary N) is 1. The standard InChI is InChI=1S/C24H29N3O5S/c1-17-12-20(13-18(2)24(17)27-7-3-4-23(27)28)33(29,30)26-10-8-25(9-11-26)15-19-5-6-21-22(14-19)32-16-31-21/h5-6,12-14H,3-4,7-11,15-16H2,1-2H3/p+1. The molecule has 33 heavy (non-hydrogen) atoms. The Morgan fingerprint density at radius 2 is 1.67 bits per heavy atom. The molecule has 3 heterocycles. The van der Waals surface area contributed by atoms with Gasteiger partial charge >= 0.3 is 0 Å². The first-order valence-electron chi connectivity index (χ1n) is 11.5. The number of aryl methyl sites for hydroxylation is 2. The zero-order valence-corrected chi connectivity index (χ0v) is 19.9. The highest BCUT2D eigenvalue weighted by atomic mass is 32.2. The summed E-state index contributed by atoms with van der Waals surface area (Å²) in [7, 11) is -3.59. The number of carbonyl (C=O) groups excluding carboxylic acids is 1. The van der Waals surface area contributed by atoms with Gasteiger partial charge in [0, 0.05) is 24.2 Å². The number of rotatable bonds is 5. The van der Waals surface area contributed by atoms with Crippen LogP contribution in [-0.2, 0) is 21.4 Å². The molecule has 0 unspecified atom stereocenters. The van der Waals surface area contributed by atoms with Crippen LogP contribution in [0.5, 0.6) is 11.5 Å². The molecule has 2 aromatic rings. The minimum absolute atomic E-state index is 0.110. The molecule has 0 atom stereocenters. The smallest absolute Gasteiger partial charge is 0.243 e. The van der Waals surface area contributed by atoms with Crippen molar-refractivity contribution in [3.63, 3.8) is 0 Å². The van der Waals surface area contributed by atoms with E-state index in [0.29, 0.717) is 31.0 Å². The quantitative estimate of drug-likeness (QED) is 0.709. The maximum atomic E-state index is 13.4. The topological polar surface area (TPSA) is 80.6 Å². The van der Waals surface area contributed by atoms with Crippen molar-refractivity contribution in [2.45, 2.75) is 38.1 Å². The number of sulfonamides is 1. The van der Waals surface area contributed by atoms with E-state index in [1.165, 1.54) is 4.90 Å². The van der Waals surface area contributed by atoms with Gasteiger partial charge in [-0.25, -0.2) is 8.42 Å². The summed E-state index contributed by atoms with van der Waals surface area (Å²) in [5.74, 6) is 1.66. The molecule has 0 bridgehead atoms. The lowest BCUT2D eigenvalue weighted by molar-refractivity contribution is -0.917. The third-order valence-corrected chi connectivity index (χ3v) is 8.64. The van der Waals surface area contributed by atoms with Crippen molar-refractivity contribution in [1.82, 2.24) is 4.31 Å². The molecule has 2 saturated heterocycles. The van der Waals surface area contributed by atoms with E-state index in [2.05, 4.69) is 0 Å². The number of benzene rings is 2. The highest BCUT2D eigenvalue weighted by Gasteiger charge is 2.32. The summed E-state index contributed by atoms with van der Waals surface area (Å²) in [5.41, 5.74) is 3.67. The molecule has 1 amide bonds. The molecule has 0 saturated carbocycles. The van der Waals surface area contributed by atoms with E-state index in [9.17, 15) is 13.2 Å². The van der Waals surface area contributed by atoms with Crippen LogP contribution in [0.4, 0.5) is 5.69 Å². The predicted octanol–water partition coefficient (Wildman–Crippen LogP) is 1.25. The maximum absolute atomic E-state index is 13.4. The molecule has 176 valence electrons. The number of piperazine rings is 1. The van der Waals surface area contributed by atoms with Crippen molar-refractivity contribution < 1.29 is 27.6 Å². The van der Waals surface area contributed by atoms with Gasteiger partial charge in [-0.05, 0) is 61.7 Å². The van der Waals surface area contributed by atoms with Crippen LogP contribution >= 0.6 is 0 Å². The first-order chi connectivity index (χ1) is 15.8. The Balaban J connectivity index is 1.27. The predicted molar refractivity (Wildman–Crippen MR) is 123 cm³/mol. The van der Waals surface area contributed by atoms with Gasteiger partial charge in [-0.2, -0.15) is 4.31 Å². The first-order valence-corrected chi connectivity index (χ1v) is 12.9. The number of carbonyl (C=O) groups is 1. The molecule has 0 aromatic heterocycles. The second-order valence-corrected chi connectivity index (χ2v) is 11.0. The molecule has 8 nitrogen and oxygen atoms in total. The molecule has 9 heteroatoms. The van der Waals surface area contributed by atoms with E-state index >= 15 is 0 Å². The van der Waals surface area contributed by atoms with Gasteiger partial charge in [-0.3, -0.25) is 4.79 Å². The molecular weight excluding hydrogens is 442 g/mol. The average Bonchev–Trinajstić information content (AvgIpc) is 3.42. The fourth-order valence-corrected chi connectivity index (χ4v) is 6.70. The maximum Gasteiger partial charge on any atom is 0.243 e. The van der Waals surface area contributed by atoms with E-state index in [-0.39, 0.29) is 12.7 Å². The van der Waals surface area contributed by atoms with Crippen molar-refractivity contribution >= 4 is 21.6 Å². The summed E-state index contributed by atoms with van der Waals surface area (Å²) in [4.78, 5) is 15.7. The molecule has 2 aromatic carbocycles. The number of nitrogens with zero attached hydrogens (tertiary/aromatic N) is 2. The Bertz CT molecular complexity index is 1170. The minimum atomic E-state index is -3.59. The molecule has 3 aliphatic rings. The van der Waals surface area contributed by atoms with Crippen LogP contribution in [0, 0.1) is 13.8 Å². The van der Waals surface area contributed by atoms with E-state index in [1.54, 1.807) is 21.3 Å². The van der Waals surface area contributed by atoms with Crippen LogP contribution < -0.4 is 19.3 Å². The van der Waals surface area contributed by atoms with Gasteiger partial charge < -0.3 is 19.3 Å². The normalized spacial score (nSPS) is 19.5. The van der Waals surface area contributed by atoms with Crippen molar-refractivity contribution in [2.75, 3.05) is 44.4 Å². The number of quaternary nitrogens is 1. The second kappa shape index (κ2) is 8.62. The fourth-order valence-electron chi connectivity index (χ4n) is 5.08. The van der Waals surface area contributed by atoms with Crippen LogP contribution in [0.2, 0.25) is 0 Å². The summed E-state index contributed by atoms with van der Waals surface area (Å²) in [6.45, 7) is 8.00. The average molecular weight is 473 g/mol. The Hall–Kier alpha value is -2.62. The Labute approximate surface area is 194 Å². The molecule has 5 rings (SSSR count). The summed E-state index contributed by atoms with van der Waals surface area (Å²) in [6, 6.07) is 9.42. The van der Waals surface area contributed by atoms with Crippen molar-refractivity contribution in [2.24, 2.45) is 0 Å². The highest BCUT2D eigenvalue weighted by molar-refractivity contribution is 7.89. The van der Waals surface area contributed by atoms with Crippen LogP contribution in [0.25, 0.3) is 0 Å². The van der Waals surface area contributed by atoms with Crippen molar-refractivity contribution in [1.29, 1.82) is 0 Å². The van der Waals surface area contributed by atoms with Crippen LogP contribution in [0.1, 0.15) is 29.5 Å². The number of hydrogen-bond donors (Lipinski definition) is 1. The van der Waals surface area contributed by atoms with E-state index in [4.69, 9.17) is 9.47 Å². The number of anilines is 1. The second-order valence-electron chi connectivity index (χ2n) is 9.07. The lowest BCUT2D eigenvalue weighted by atomic mass is 10.1. The Kier molecular flexibility index (Phi) is 5.80. The van der Waals surface area contributed by atoms with Gasteiger partial charge in [-0.15, -0.1) is 0 Å². The van der Waals surface area contributed by atoms with Crippen LogP contribution in [0.15, 0.2) is 35.2 Å². The van der Waals surface area contributed by atoms with Crippen LogP contribution in [-0.4, -0.2) is 58.1 Å². The third kappa shape index (κ3) is 4.20. The zero-order valence-electron chi connectivity index (χ0n) is 19.1. The summed E-state index contributed by atoms with van der Waals surface area (Å²) >= 11 is 0. The van der Waals surface area contributed by atoms with E-state index in [0.717, 1.165) is 59.9 Å². The number of ether oxygens (including phenoxy) is 2. The molecule has 3 aliphatic heterocycles. The fraction of sp³-hybridized carbons (Fsp3) is 0.458.